The third-order valence-corrected chi connectivity index (χ3v) is 4.58. The lowest BCUT2D eigenvalue weighted by Crippen LogP contribution is -2.40. The fourth-order valence-electron chi connectivity index (χ4n) is 3.58. The van der Waals surface area contributed by atoms with Crippen LogP contribution >= 0.6 is 0 Å². The molecule has 1 unspecified atom stereocenters. The average Bonchev–Trinajstić information content (AvgIpc) is 2.54. The molecule has 0 aromatic heterocycles. The van der Waals surface area contributed by atoms with Crippen LogP contribution in [0.1, 0.15) is 38.5 Å². The molecular weight excluding hydrogens is 275 g/mol. The highest BCUT2D eigenvalue weighted by Gasteiger charge is 2.55. The minimum atomic E-state index is -4.93. The SMILES string of the molecule is O=C(O)C1CN(C(=O)C(F)(F)F)CC12CCCCCC2. The summed E-state index contributed by atoms with van der Waals surface area (Å²) in [5.41, 5.74) is -0.677. The minimum absolute atomic E-state index is 0.0810. The first-order valence-electron chi connectivity index (χ1n) is 6.85. The lowest BCUT2D eigenvalue weighted by molar-refractivity contribution is -0.184. The number of carbonyl (C=O) groups excluding carboxylic acids is 1. The number of rotatable bonds is 1. The van der Waals surface area contributed by atoms with Gasteiger partial charge in [0.2, 0.25) is 0 Å². The van der Waals surface area contributed by atoms with E-state index in [1.165, 1.54) is 0 Å². The average molecular weight is 293 g/mol. The molecule has 7 heteroatoms. The molecule has 0 aromatic rings. The maximum Gasteiger partial charge on any atom is 0.471 e. The molecule has 1 saturated carbocycles. The summed E-state index contributed by atoms with van der Waals surface area (Å²) in [5, 5.41) is 9.31. The maximum atomic E-state index is 12.5. The van der Waals surface area contributed by atoms with Crippen LogP contribution in [0.2, 0.25) is 0 Å². The van der Waals surface area contributed by atoms with Gasteiger partial charge in [-0.3, -0.25) is 9.59 Å². The van der Waals surface area contributed by atoms with Gasteiger partial charge in [0.15, 0.2) is 0 Å². The zero-order chi connectivity index (χ0) is 15.0. The van der Waals surface area contributed by atoms with Crippen LogP contribution in [-0.2, 0) is 9.59 Å². The third-order valence-electron chi connectivity index (χ3n) is 4.58. The number of hydrogen-bond donors (Lipinski definition) is 1. The Labute approximate surface area is 114 Å². The van der Waals surface area contributed by atoms with Crippen molar-refractivity contribution >= 4 is 11.9 Å². The van der Waals surface area contributed by atoms with Gasteiger partial charge in [-0.1, -0.05) is 25.7 Å². The second-order valence-corrected chi connectivity index (χ2v) is 5.85. The Balaban J connectivity index is 2.23. The minimum Gasteiger partial charge on any atom is -0.481 e. The van der Waals surface area contributed by atoms with Gasteiger partial charge in [0.05, 0.1) is 5.92 Å². The van der Waals surface area contributed by atoms with E-state index in [1.807, 2.05) is 0 Å². The molecule has 1 heterocycles. The van der Waals surface area contributed by atoms with Crippen molar-refractivity contribution in [3.05, 3.63) is 0 Å². The van der Waals surface area contributed by atoms with Gasteiger partial charge in [0.1, 0.15) is 0 Å². The van der Waals surface area contributed by atoms with E-state index in [-0.39, 0.29) is 13.1 Å². The summed E-state index contributed by atoms with van der Waals surface area (Å²) in [6, 6.07) is 0. The predicted octanol–water partition coefficient (Wildman–Crippen LogP) is 2.43. The Morgan fingerprint density at radius 1 is 1.10 bits per heavy atom. The molecule has 1 aliphatic heterocycles. The van der Waals surface area contributed by atoms with Crippen molar-refractivity contribution in [1.29, 1.82) is 0 Å². The summed E-state index contributed by atoms with van der Waals surface area (Å²) in [6.45, 7) is -0.407. The number of amides is 1. The predicted molar refractivity (Wildman–Crippen MR) is 63.9 cm³/mol. The largest absolute Gasteiger partial charge is 0.481 e. The Morgan fingerprint density at radius 3 is 2.10 bits per heavy atom. The number of hydrogen-bond acceptors (Lipinski definition) is 2. The molecular formula is C13H18F3NO3. The summed E-state index contributed by atoms with van der Waals surface area (Å²) in [6.07, 6.45) is -0.172. The molecule has 1 spiro atoms. The smallest absolute Gasteiger partial charge is 0.471 e. The van der Waals surface area contributed by atoms with E-state index in [2.05, 4.69) is 0 Å². The van der Waals surface area contributed by atoms with Crippen molar-refractivity contribution in [2.75, 3.05) is 13.1 Å². The first-order valence-corrected chi connectivity index (χ1v) is 6.85. The highest BCUT2D eigenvalue weighted by atomic mass is 19.4. The summed E-state index contributed by atoms with van der Waals surface area (Å²) in [7, 11) is 0. The van der Waals surface area contributed by atoms with Crippen molar-refractivity contribution in [1.82, 2.24) is 4.90 Å². The zero-order valence-electron chi connectivity index (χ0n) is 11.1. The van der Waals surface area contributed by atoms with E-state index in [0.717, 1.165) is 25.7 Å². The first kappa shape index (κ1) is 15.1. The molecule has 1 atom stereocenters. The second-order valence-electron chi connectivity index (χ2n) is 5.85. The first-order chi connectivity index (χ1) is 9.26. The fraction of sp³-hybridized carbons (Fsp3) is 0.846. The normalized spacial score (nSPS) is 26.6. The van der Waals surface area contributed by atoms with Gasteiger partial charge in [-0.15, -0.1) is 0 Å². The molecule has 114 valence electrons. The Bertz CT molecular complexity index is 400. The van der Waals surface area contributed by atoms with Gasteiger partial charge in [-0.05, 0) is 12.8 Å². The molecule has 2 fully saturated rings. The van der Waals surface area contributed by atoms with Crippen LogP contribution in [0.15, 0.2) is 0 Å². The van der Waals surface area contributed by atoms with E-state index >= 15 is 0 Å². The molecule has 0 bridgehead atoms. The number of likely N-dealkylation sites (tertiary alicyclic amines) is 1. The van der Waals surface area contributed by atoms with Crippen LogP contribution < -0.4 is 0 Å². The lowest BCUT2D eigenvalue weighted by atomic mass is 9.72. The van der Waals surface area contributed by atoms with Crippen molar-refractivity contribution in [3.63, 3.8) is 0 Å². The van der Waals surface area contributed by atoms with Gasteiger partial charge in [0, 0.05) is 18.5 Å². The highest BCUT2D eigenvalue weighted by Crippen LogP contribution is 2.47. The topological polar surface area (TPSA) is 57.6 Å². The Morgan fingerprint density at radius 2 is 1.65 bits per heavy atom. The van der Waals surface area contributed by atoms with Gasteiger partial charge < -0.3 is 10.0 Å². The van der Waals surface area contributed by atoms with Crippen LogP contribution in [0.5, 0.6) is 0 Å². The fourth-order valence-corrected chi connectivity index (χ4v) is 3.58. The molecule has 2 rings (SSSR count). The van der Waals surface area contributed by atoms with Gasteiger partial charge in [-0.2, -0.15) is 13.2 Å². The lowest BCUT2D eigenvalue weighted by Gasteiger charge is -2.31. The summed E-state index contributed by atoms with van der Waals surface area (Å²) < 4.78 is 37.6. The van der Waals surface area contributed by atoms with Crippen LogP contribution in [0, 0.1) is 11.3 Å². The number of carbonyl (C=O) groups is 2. The van der Waals surface area contributed by atoms with Gasteiger partial charge in [-0.25, -0.2) is 0 Å². The monoisotopic (exact) mass is 293 g/mol. The number of halogens is 3. The molecule has 1 amide bonds. The Hall–Kier alpha value is -1.27. The van der Waals surface area contributed by atoms with E-state index in [1.54, 1.807) is 0 Å². The van der Waals surface area contributed by atoms with E-state index < -0.39 is 29.4 Å². The molecule has 0 radical (unpaired) electrons. The van der Waals surface area contributed by atoms with E-state index in [9.17, 15) is 27.9 Å². The Kier molecular flexibility index (Phi) is 3.97. The summed E-state index contributed by atoms with van der Waals surface area (Å²) in [5.74, 6) is -3.89. The van der Waals surface area contributed by atoms with Crippen LogP contribution in [0.4, 0.5) is 13.2 Å². The molecule has 1 N–H and O–H groups in total. The van der Waals surface area contributed by atoms with Crippen LogP contribution in [0.25, 0.3) is 0 Å². The number of aliphatic carboxylic acids is 1. The van der Waals surface area contributed by atoms with Crippen molar-refractivity contribution in [3.8, 4) is 0 Å². The zero-order valence-corrected chi connectivity index (χ0v) is 11.1. The molecule has 0 aromatic carbocycles. The second kappa shape index (κ2) is 5.26. The number of carboxylic acid groups (broad SMARTS) is 1. The van der Waals surface area contributed by atoms with Gasteiger partial charge >= 0.3 is 18.1 Å². The van der Waals surface area contributed by atoms with Crippen LogP contribution in [0.3, 0.4) is 0 Å². The molecule has 1 saturated heterocycles. The van der Waals surface area contributed by atoms with Crippen molar-refractivity contribution in [2.24, 2.45) is 11.3 Å². The maximum absolute atomic E-state index is 12.5. The standard InChI is InChI=1S/C13H18F3NO3/c14-13(15,16)11(20)17-7-9(10(18)19)12(8-17)5-3-1-2-4-6-12/h9H,1-8H2,(H,18,19). The highest BCUT2D eigenvalue weighted by molar-refractivity contribution is 5.83. The van der Waals surface area contributed by atoms with Crippen molar-refractivity contribution < 1.29 is 27.9 Å². The van der Waals surface area contributed by atoms with Crippen LogP contribution in [-0.4, -0.2) is 41.1 Å². The molecule has 4 nitrogen and oxygen atoms in total. The third kappa shape index (κ3) is 2.76. The number of carboxylic acids is 1. The molecule has 20 heavy (non-hydrogen) atoms. The summed E-state index contributed by atoms with van der Waals surface area (Å²) in [4.78, 5) is 23.4. The van der Waals surface area contributed by atoms with Gasteiger partial charge in [0.25, 0.3) is 0 Å². The van der Waals surface area contributed by atoms with E-state index in [0.29, 0.717) is 17.7 Å². The van der Waals surface area contributed by atoms with Crippen molar-refractivity contribution in [2.45, 2.75) is 44.7 Å². The number of alkyl halides is 3. The molecule has 2 aliphatic rings. The molecule has 1 aliphatic carbocycles. The number of nitrogens with zero attached hydrogens (tertiary/aromatic N) is 1. The van der Waals surface area contributed by atoms with E-state index in [4.69, 9.17) is 0 Å². The summed E-state index contributed by atoms with van der Waals surface area (Å²) >= 11 is 0. The quantitative estimate of drug-likeness (QED) is 0.808.